The van der Waals surface area contributed by atoms with E-state index in [1.807, 2.05) is 43.3 Å². The van der Waals surface area contributed by atoms with Crippen molar-refractivity contribution < 1.29 is 9.53 Å². The van der Waals surface area contributed by atoms with Gasteiger partial charge in [-0.15, -0.1) is 0 Å². The van der Waals surface area contributed by atoms with Gasteiger partial charge in [-0.05, 0) is 42.5 Å². The van der Waals surface area contributed by atoms with Crippen LogP contribution in [0.3, 0.4) is 0 Å². The van der Waals surface area contributed by atoms with E-state index in [1.165, 1.54) is 0 Å². The highest BCUT2D eigenvalue weighted by molar-refractivity contribution is 9.10. The molecular weight excluding hydrogens is 292 g/mol. The highest BCUT2D eigenvalue weighted by atomic mass is 79.9. The molecule has 0 unspecified atom stereocenters. The van der Waals surface area contributed by atoms with E-state index >= 15 is 0 Å². The lowest BCUT2D eigenvalue weighted by molar-refractivity contribution is 0.0988. The first-order valence-electron chi connectivity index (χ1n) is 5.75. The molecule has 0 bridgehead atoms. The smallest absolute Gasteiger partial charge is 0.162 e. The molecule has 18 heavy (non-hydrogen) atoms. The van der Waals surface area contributed by atoms with E-state index in [2.05, 4.69) is 15.9 Å². The van der Waals surface area contributed by atoms with Crippen molar-refractivity contribution >= 4 is 21.7 Å². The molecule has 0 aromatic heterocycles. The fraction of sp³-hybridized carbons (Fsp3) is 0.133. The molecule has 0 atom stereocenters. The van der Waals surface area contributed by atoms with Crippen LogP contribution in [-0.2, 0) is 0 Å². The fourth-order valence-corrected chi connectivity index (χ4v) is 1.96. The van der Waals surface area contributed by atoms with Gasteiger partial charge in [0.2, 0.25) is 0 Å². The Morgan fingerprint density at radius 3 is 2.44 bits per heavy atom. The molecule has 0 saturated heterocycles. The second-order valence-corrected chi connectivity index (χ2v) is 4.78. The molecule has 0 heterocycles. The molecule has 0 amide bonds. The molecule has 0 aliphatic rings. The van der Waals surface area contributed by atoms with Gasteiger partial charge in [0.1, 0.15) is 11.5 Å². The molecule has 0 aliphatic carbocycles. The van der Waals surface area contributed by atoms with Crippen molar-refractivity contribution in [1.29, 1.82) is 0 Å². The lowest BCUT2D eigenvalue weighted by Crippen LogP contribution is -1.95. The summed E-state index contributed by atoms with van der Waals surface area (Å²) < 4.78 is 6.66. The molecule has 92 valence electrons. The molecular formula is C15H13BrO2. The minimum Gasteiger partial charge on any atom is -0.457 e. The normalized spacial score (nSPS) is 10.1. The van der Waals surface area contributed by atoms with Crippen LogP contribution in [0, 0.1) is 0 Å². The van der Waals surface area contributed by atoms with E-state index in [-0.39, 0.29) is 5.78 Å². The summed E-state index contributed by atoms with van der Waals surface area (Å²) in [6.45, 7) is 1.86. The molecule has 2 aromatic rings. The zero-order valence-corrected chi connectivity index (χ0v) is 11.6. The van der Waals surface area contributed by atoms with E-state index in [0.29, 0.717) is 6.42 Å². The second-order valence-electron chi connectivity index (χ2n) is 3.86. The van der Waals surface area contributed by atoms with Gasteiger partial charge in [0.25, 0.3) is 0 Å². The maximum atomic E-state index is 11.5. The van der Waals surface area contributed by atoms with Crippen molar-refractivity contribution in [1.82, 2.24) is 0 Å². The summed E-state index contributed by atoms with van der Waals surface area (Å²) in [5.74, 6) is 1.63. The monoisotopic (exact) mass is 304 g/mol. The number of hydrogen-bond donors (Lipinski definition) is 0. The molecule has 0 fully saturated rings. The van der Waals surface area contributed by atoms with Crippen LogP contribution < -0.4 is 4.74 Å². The van der Waals surface area contributed by atoms with Crippen LogP contribution in [0.25, 0.3) is 0 Å². The van der Waals surface area contributed by atoms with Crippen LogP contribution in [0.2, 0.25) is 0 Å². The number of benzene rings is 2. The Bertz CT molecular complexity index is 547. The molecule has 3 heteroatoms. The van der Waals surface area contributed by atoms with Crippen LogP contribution >= 0.6 is 15.9 Å². The van der Waals surface area contributed by atoms with E-state index in [4.69, 9.17) is 4.74 Å². The topological polar surface area (TPSA) is 26.3 Å². The molecule has 2 nitrogen and oxygen atoms in total. The molecule has 0 aliphatic heterocycles. The van der Waals surface area contributed by atoms with Crippen LogP contribution in [0.15, 0.2) is 53.0 Å². The van der Waals surface area contributed by atoms with Crippen LogP contribution in [0.4, 0.5) is 0 Å². The quantitative estimate of drug-likeness (QED) is 0.756. The first kappa shape index (κ1) is 12.8. The minimum atomic E-state index is 0.143. The summed E-state index contributed by atoms with van der Waals surface area (Å²) in [6.07, 6.45) is 0.520. The van der Waals surface area contributed by atoms with Gasteiger partial charge < -0.3 is 4.74 Å². The molecule has 2 rings (SSSR count). The van der Waals surface area contributed by atoms with Crippen molar-refractivity contribution in [3.8, 4) is 11.5 Å². The van der Waals surface area contributed by atoms with Gasteiger partial charge >= 0.3 is 0 Å². The van der Waals surface area contributed by atoms with E-state index in [0.717, 1.165) is 21.5 Å². The van der Waals surface area contributed by atoms with Crippen LogP contribution in [0.1, 0.15) is 23.7 Å². The largest absolute Gasteiger partial charge is 0.457 e. The molecule has 2 aromatic carbocycles. The second kappa shape index (κ2) is 5.83. The summed E-state index contributed by atoms with van der Waals surface area (Å²) in [4.78, 5) is 11.5. The Labute approximate surface area is 115 Å². The summed E-state index contributed by atoms with van der Waals surface area (Å²) in [5.41, 5.74) is 0.721. The van der Waals surface area contributed by atoms with Crippen LogP contribution in [-0.4, -0.2) is 5.78 Å². The molecule has 0 N–H and O–H groups in total. The van der Waals surface area contributed by atoms with Crippen molar-refractivity contribution in [2.75, 3.05) is 0 Å². The van der Waals surface area contributed by atoms with E-state index < -0.39 is 0 Å². The Hall–Kier alpha value is -1.61. The highest BCUT2D eigenvalue weighted by Crippen LogP contribution is 2.24. The maximum absolute atomic E-state index is 11.5. The number of ketones is 1. The SMILES string of the molecule is CCC(=O)c1ccc(Oc2cccc(Br)c2)cc1. The summed E-state index contributed by atoms with van der Waals surface area (Å²) in [7, 11) is 0. The van der Waals surface area contributed by atoms with Gasteiger partial charge in [-0.3, -0.25) is 4.79 Å². The number of halogens is 1. The molecule has 0 spiro atoms. The van der Waals surface area contributed by atoms with Gasteiger partial charge in [-0.1, -0.05) is 28.9 Å². The third-order valence-corrected chi connectivity index (χ3v) is 3.02. The lowest BCUT2D eigenvalue weighted by atomic mass is 10.1. The van der Waals surface area contributed by atoms with E-state index in [1.54, 1.807) is 12.1 Å². The van der Waals surface area contributed by atoms with Crippen molar-refractivity contribution in [2.45, 2.75) is 13.3 Å². The molecule has 0 saturated carbocycles. The highest BCUT2D eigenvalue weighted by Gasteiger charge is 2.03. The van der Waals surface area contributed by atoms with Crippen molar-refractivity contribution in [3.63, 3.8) is 0 Å². The summed E-state index contributed by atoms with van der Waals surface area (Å²) >= 11 is 3.39. The number of Topliss-reactive ketones (excluding diaryl/α,β-unsaturated/α-hetero) is 1. The standard InChI is InChI=1S/C15H13BrO2/c1-2-15(17)11-6-8-13(9-7-11)18-14-5-3-4-12(16)10-14/h3-10H,2H2,1H3. The fourth-order valence-electron chi connectivity index (χ4n) is 1.58. The van der Waals surface area contributed by atoms with Crippen molar-refractivity contribution in [3.05, 3.63) is 58.6 Å². The zero-order valence-electron chi connectivity index (χ0n) is 10.0. The summed E-state index contributed by atoms with van der Waals surface area (Å²) in [5, 5.41) is 0. The maximum Gasteiger partial charge on any atom is 0.162 e. The minimum absolute atomic E-state index is 0.143. The number of carbonyl (C=O) groups is 1. The first-order chi connectivity index (χ1) is 8.69. The Morgan fingerprint density at radius 2 is 1.83 bits per heavy atom. The van der Waals surface area contributed by atoms with Crippen LogP contribution in [0.5, 0.6) is 11.5 Å². The van der Waals surface area contributed by atoms with Gasteiger partial charge in [-0.25, -0.2) is 0 Å². The van der Waals surface area contributed by atoms with Crippen molar-refractivity contribution in [2.24, 2.45) is 0 Å². The Balaban J connectivity index is 2.13. The average molecular weight is 305 g/mol. The first-order valence-corrected chi connectivity index (χ1v) is 6.55. The third kappa shape index (κ3) is 3.20. The predicted molar refractivity (Wildman–Crippen MR) is 75.3 cm³/mol. The zero-order chi connectivity index (χ0) is 13.0. The predicted octanol–water partition coefficient (Wildman–Crippen LogP) is 4.83. The summed E-state index contributed by atoms with van der Waals surface area (Å²) in [6, 6.07) is 14.8. The Morgan fingerprint density at radius 1 is 1.11 bits per heavy atom. The number of rotatable bonds is 4. The van der Waals surface area contributed by atoms with Gasteiger partial charge in [0.05, 0.1) is 0 Å². The average Bonchev–Trinajstić information content (AvgIpc) is 2.39. The third-order valence-electron chi connectivity index (χ3n) is 2.53. The molecule has 0 radical (unpaired) electrons. The number of carbonyl (C=O) groups excluding carboxylic acids is 1. The van der Waals surface area contributed by atoms with Gasteiger partial charge in [-0.2, -0.15) is 0 Å². The number of hydrogen-bond acceptors (Lipinski definition) is 2. The van der Waals surface area contributed by atoms with Gasteiger partial charge in [0.15, 0.2) is 5.78 Å². The van der Waals surface area contributed by atoms with E-state index in [9.17, 15) is 4.79 Å². The lowest BCUT2D eigenvalue weighted by Gasteiger charge is -2.06. The van der Waals surface area contributed by atoms with Gasteiger partial charge in [0, 0.05) is 16.5 Å². The Kier molecular flexibility index (Phi) is 4.15. The number of ether oxygens (including phenoxy) is 1.